The second-order valence-corrected chi connectivity index (χ2v) is 8.24. The van der Waals surface area contributed by atoms with Crippen molar-refractivity contribution in [3.63, 3.8) is 0 Å². The number of nitrogens with zero attached hydrogens (tertiary/aromatic N) is 4. The Hall–Kier alpha value is -2.64. The van der Waals surface area contributed by atoms with E-state index in [1.54, 1.807) is 19.1 Å². The van der Waals surface area contributed by atoms with Gasteiger partial charge >= 0.3 is 12.0 Å². The predicted octanol–water partition coefficient (Wildman–Crippen LogP) is 3.95. The van der Waals surface area contributed by atoms with Crippen LogP contribution in [0.25, 0.3) is 0 Å². The Morgan fingerprint density at radius 3 is 2.59 bits per heavy atom. The normalized spacial score (nSPS) is 16.2. The molecular weight excluding hydrogens is 370 g/mol. The number of hydrogen-bond donors (Lipinski definition) is 2. The van der Waals surface area contributed by atoms with E-state index in [2.05, 4.69) is 46.1 Å². The second-order valence-electron chi connectivity index (χ2n) is 8.24. The molecule has 1 aliphatic heterocycles. The van der Waals surface area contributed by atoms with E-state index in [1.807, 2.05) is 0 Å². The minimum absolute atomic E-state index is 0.248. The Kier molecular flexibility index (Phi) is 6.71. The number of carboxylic acid groups (broad SMARTS) is 1. The van der Waals surface area contributed by atoms with Crippen LogP contribution in [0.1, 0.15) is 67.8 Å². The molecule has 8 nitrogen and oxygen atoms in total. The molecule has 0 aliphatic carbocycles. The van der Waals surface area contributed by atoms with Crippen molar-refractivity contribution >= 4 is 17.8 Å². The molecule has 0 spiro atoms. The number of pyridine rings is 1. The van der Waals surface area contributed by atoms with E-state index < -0.39 is 5.97 Å². The number of anilines is 2. The lowest BCUT2D eigenvalue weighted by molar-refractivity contribution is 0.0695. The van der Waals surface area contributed by atoms with E-state index >= 15 is 0 Å². The first-order valence-electron chi connectivity index (χ1n) is 10.4. The van der Waals surface area contributed by atoms with Crippen LogP contribution < -0.4 is 10.2 Å². The Morgan fingerprint density at radius 1 is 1.28 bits per heavy atom. The third kappa shape index (κ3) is 5.25. The van der Waals surface area contributed by atoms with Crippen LogP contribution in [0.4, 0.5) is 11.8 Å². The molecule has 2 aromatic rings. The number of nitrogens with one attached hydrogen (secondary N) is 1. The highest BCUT2D eigenvalue weighted by Gasteiger charge is 2.26. The van der Waals surface area contributed by atoms with Gasteiger partial charge in [-0.25, -0.2) is 9.78 Å². The first-order chi connectivity index (χ1) is 13.8. The van der Waals surface area contributed by atoms with Crippen LogP contribution in [-0.2, 0) is 0 Å². The Morgan fingerprint density at radius 2 is 2.00 bits per heavy atom. The summed E-state index contributed by atoms with van der Waals surface area (Å²) in [7, 11) is 0. The minimum Gasteiger partial charge on any atom is -0.478 e. The lowest BCUT2D eigenvalue weighted by atomic mass is 9.83. The van der Waals surface area contributed by atoms with E-state index in [9.17, 15) is 4.79 Å². The standard InChI is InChI=1S/C21H31N5O3/c1-13(2)19-24-21(29-25-19)26-11-8-16(9-12-26)14(3)7-10-22-18-6-5-17(20(27)28)15(4)23-18/h5-6,13-14,16H,7-12H2,1-4H3,(H,22,23)(H,27,28). The lowest BCUT2D eigenvalue weighted by Gasteiger charge is -2.33. The van der Waals surface area contributed by atoms with Crippen molar-refractivity contribution in [2.45, 2.75) is 52.9 Å². The van der Waals surface area contributed by atoms with Gasteiger partial charge in [0.05, 0.1) is 11.3 Å². The van der Waals surface area contributed by atoms with Gasteiger partial charge in [0.2, 0.25) is 0 Å². The fourth-order valence-corrected chi connectivity index (χ4v) is 3.80. The van der Waals surface area contributed by atoms with Gasteiger partial charge < -0.3 is 19.8 Å². The van der Waals surface area contributed by atoms with Crippen molar-refractivity contribution in [3.05, 3.63) is 29.2 Å². The monoisotopic (exact) mass is 401 g/mol. The smallest absolute Gasteiger partial charge is 0.337 e. The molecule has 3 rings (SSSR count). The van der Waals surface area contributed by atoms with Crippen molar-refractivity contribution in [1.29, 1.82) is 0 Å². The van der Waals surface area contributed by atoms with Gasteiger partial charge in [-0.1, -0.05) is 25.9 Å². The summed E-state index contributed by atoms with van der Waals surface area (Å²) in [5.41, 5.74) is 0.780. The summed E-state index contributed by atoms with van der Waals surface area (Å²) in [5.74, 6) is 2.09. The van der Waals surface area contributed by atoms with Crippen LogP contribution in [0.3, 0.4) is 0 Å². The third-order valence-electron chi connectivity index (χ3n) is 5.78. The van der Waals surface area contributed by atoms with E-state index in [1.165, 1.54) is 0 Å². The molecule has 0 bridgehead atoms. The van der Waals surface area contributed by atoms with Crippen LogP contribution in [0.15, 0.2) is 16.7 Å². The molecule has 2 aromatic heterocycles. The number of piperidine rings is 1. The maximum absolute atomic E-state index is 11.1. The summed E-state index contributed by atoms with van der Waals surface area (Å²) in [6, 6.07) is 3.98. The summed E-state index contributed by atoms with van der Waals surface area (Å²) in [6.45, 7) is 10.9. The zero-order valence-corrected chi connectivity index (χ0v) is 17.7. The zero-order valence-electron chi connectivity index (χ0n) is 17.7. The number of carboxylic acids is 1. The summed E-state index contributed by atoms with van der Waals surface area (Å²) in [6.07, 6.45) is 3.28. The lowest BCUT2D eigenvalue weighted by Crippen LogP contribution is -2.36. The third-order valence-corrected chi connectivity index (χ3v) is 5.78. The van der Waals surface area contributed by atoms with Crippen LogP contribution >= 0.6 is 0 Å². The largest absolute Gasteiger partial charge is 0.478 e. The highest BCUT2D eigenvalue weighted by molar-refractivity contribution is 5.89. The number of carbonyl (C=O) groups is 1. The highest BCUT2D eigenvalue weighted by Crippen LogP contribution is 2.29. The molecule has 0 saturated carbocycles. The van der Waals surface area contributed by atoms with Gasteiger partial charge in [-0.3, -0.25) is 0 Å². The molecule has 1 fully saturated rings. The average molecular weight is 402 g/mol. The Bertz CT molecular complexity index is 827. The van der Waals surface area contributed by atoms with Gasteiger partial charge in [-0.05, 0) is 50.2 Å². The van der Waals surface area contributed by atoms with Crippen molar-refractivity contribution in [1.82, 2.24) is 15.1 Å². The van der Waals surface area contributed by atoms with E-state index in [4.69, 9.17) is 9.63 Å². The SMILES string of the molecule is Cc1nc(NCCC(C)C2CCN(c3nc(C(C)C)no3)CC2)ccc1C(=O)O. The molecule has 3 heterocycles. The molecular formula is C21H31N5O3. The number of aromatic nitrogens is 3. The van der Waals surface area contributed by atoms with E-state index in [-0.39, 0.29) is 11.5 Å². The van der Waals surface area contributed by atoms with Gasteiger partial charge in [-0.2, -0.15) is 4.98 Å². The Balaban J connectivity index is 1.43. The predicted molar refractivity (Wildman–Crippen MR) is 112 cm³/mol. The van der Waals surface area contributed by atoms with E-state index in [0.717, 1.165) is 50.5 Å². The van der Waals surface area contributed by atoms with Crippen LogP contribution in [0.5, 0.6) is 0 Å². The molecule has 1 unspecified atom stereocenters. The quantitative estimate of drug-likeness (QED) is 0.685. The van der Waals surface area contributed by atoms with Crippen molar-refractivity contribution in [2.75, 3.05) is 29.9 Å². The number of aryl methyl sites for hydroxylation is 1. The Labute approximate surface area is 171 Å². The van der Waals surface area contributed by atoms with Crippen molar-refractivity contribution < 1.29 is 14.4 Å². The summed E-state index contributed by atoms with van der Waals surface area (Å²) >= 11 is 0. The molecule has 2 N–H and O–H groups in total. The zero-order chi connectivity index (χ0) is 21.0. The summed E-state index contributed by atoms with van der Waals surface area (Å²) < 4.78 is 5.42. The highest BCUT2D eigenvalue weighted by atomic mass is 16.5. The molecule has 158 valence electrons. The van der Waals surface area contributed by atoms with Crippen molar-refractivity contribution in [2.24, 2.45) is 11.8 Å². The number of rotatable bonds is 8. The average Bonchev–Trinajstić information content (AvgIpc) is 3.18. The number of hydrogen-bond acceptors (Lipinski definition) is 7. The first-order valence-corrected chi connectivity index (χ1v) is 10.4. The molecule has 0 aromatic carbocycles. The molecule has 29 heavy (non-hydrogen) atoms. The molecule has 0 radical (unpaired) electrons. The summed E-state index contributed by atoms with van der Waals surface area (Å²) in [4.78, 5) is 22.1. The molecule has 1 saturated heterocycles. The maximum Gasteiger partial charge on any atom is 0.337 e. The van der Waals surface area contributed by atoms with Gasteiger partial charge in [0.1, 0.15) is 5.82 Å². The first kappa shape index (κ1) is 21.1. The van der Waals surface area contributed by atoms with Gasteiger partial charge in [0.15, 0.2) is 5.82 Å². The molecule has 0 amide bonds. The van der Waals surface area contributed by atoms with Crippen molar-refractivity contribution in [3.8, 4) is 0 Å². The van der Waals surface area contributed by atoms with Gasteiger partial charge in [0, 0.05) is 25.6 Å². The van der Waals surface area contributed by atoms with E-state index in [0.29, 0.717) is 23.5 Å². The van der Waals surface area contributed by atoms with Gasteiger partial charge in [-0.15, -0.1) is 0 Å². The maximum atomic E-state index is 11.1. The summed E-state index contributed by atoms with van der Waals surface area (Å²) in [5, 5.41) is 16.5. The topological polar surface area (TPSA) is 104 Å². The minimum atomic E-state index is -0.942. The van der Waals surface area contributed by atoms with Crippen LogP contribution in [0.2, 0.25) is 0 Å². The second kappa shape index (κ2) is 9.24. The molecule has 1 aliphatic rings. The van der Waals surface area contributed by atoms with Crippen LogP contribution in [-0.4, -0.2) is 45.8 Å². The molecule has 8 heteroatoms. The number of aromatic carboxylic acids is 1. The van der Waals surface area contributed by atoms with Gasteiger partial charge in [0.25, 0.3) is 0 Å². The molecule has 1 atom stereocenters. The fourth-order valence-electron chi connectivity index (χ4n) is 3.80. The fraction of sp³-hybridized carbons (Fsp3) is 0.619. The van der Waals surface area contributed by atoms with Crippen LogP contribution in [0, 0.1) is 18.8 Å².